The molecule has 242 valence electrons. The van der Waals surface area contributed by atoms with Crippen molar-refractivity contribution < 1.29 is 59.0 Å². The maximum atomic E-state index is 12.7. The number of hydrogen-bond donors (Lipinski definition) is 2. The third-order valence-electron chi connectivity index (χ3n) is 6.90. The summed E-state index contributed by atoms with van der Waals surface area (Å²) in [5.41, 5.74) is 2.71. The van der Waals surface area contributed by atoms with Gasteiger partial charge in [0.1, 0.15) is 5.82 Å². The van der Waals surface area contributed by atoms with Crippen LogP contribution in [-0.4, -0.2) is 87.6 Å². The van der Waals surface area contributed by atoms with E-state index in [1.54, 1.807) is 16.8 Å². The topological polar surface area (TPSA) is 146 Å². The molecule has 1 spiro atoms. The molecule has 18 heteroatoms. The second-order valence-corrected chi connectivity index (χ2v) is 11.8. The summed E-state index contributed by atoms with van der Waals surface area (Å²) in [6, 6.07) is 12.2. The van der Waals surface area contributed by atoms with Crippen LogP contribution in [0.3, 0.4) is 0 Å². The van der Waals surface area contributed by atoms with Gasteiger partial charge in [0, 0.05) is 38.3 Å². The van der Waals surface area contributed by atoms with Crippen molar-refractivity contribution in [3.05, 3.63) is 66.5 Å². The number of carbonyl (C=O) groups is 2. The number of aromatic nitrogens is 2. The lowest BCUT2D eigenvalue weighted by molar-refractivity contribution is -0.193. The Hall–Kier alpha value is -3.90. The number of likely N-dealkylation sites (tertiary alicyclic amines) is 1. The molecule has 0 radical (unpaired) electrons. The second-order valence-electron chi connectivity index (χ2n) is 9.86. The van der Waals surface area contributed by atoms with Gasteiger partial charge in [0.2, 0.25) is 10.0 Å². The fraction of sp³-hybridized carbons (Fsp3) is 0.423. The maximum absolute atomic E-state index is 12.7. The highest BCUT2D eigenvalue weighted by molar-refractivity contribution is 7.88. The van der Waals surface area contributed by atoms with Gasteiger partial charge in [-0.15, -0.1) is 0 Å². The van der Waals surface area contributed by atoms with Crippen molar-refractivity contribution in [1.29, 1.82) is 0 Å². The lowest BCUT2D eigenvalue weighted by atomic mass is 9.85. The predicted octanol–water partition coefficient (Wildman–Crippen LogP) is 4.18. The van der Waals surface area contributed by atoms with Crippen molar-refractivity contribution in [2.45, 2.75) is 43.8 Å². The lowest BCUT2D eigenvalue weighted by Crippen LogP contribution is -2.59. The van der Waals surface area contributed by atoms with Crippen LogP contribution in [0.2, 0.25) is 0 Å². The maximum Gasteiger partial charge on any atom is 0.490 e. The minimum atomic E-state index is -5.08. The van der Waals surface area contributed by atoms with Crippen LogP contribution in [0.1, 0.15) is 24.2 Å². The summed E-state index contributed by atoms with van der Waals surface area (Å²) in [7, 11) is -3.35. The number of imidazole rings is 1. The molecule has 0 saturated carbocycles. The predicted molar refractivity (Wildman–Crippen MR) is 141 cm³/mol. The summed E-state index contributed by atoms with van der Waals surface area (Å²) in [6.07, 6.45) is -2.03. The molecule has 2 N–H and O–H groups in total. The molecular weight excluding hydrogens is 626 g/mol. The van der Waals surface area contributed by atoms with E-state index in [0.717, 1.165) is 55.1 Å². The van der Waals surface area contributed by atoms with Gasteiger partial charge in [0.15, 0.2) is 0 Å². The van der Waals surface area contributed by atoms with Crippen LogP contribution in [0.5, 0.6) is 0 Å². The number of alkyl halides is 6. The Morgan fingerprint density at radius 1 is 0.932 bits per heavy atom. The van der Waals surface area contributed by atoms with Crippen LogP contribution in [0.4, 0.5) is 26.3 Å². The standard InChI is InChI=1S/C22H26N4O3S.2C2HF3O2/c1-30(27,28)26-13-12-25-20(19-5-3-2-4-6-19)15-23-21(25)22(26)8-10-24(11-9-22)16-18-7-14-29-17-18;2*3-2(4,5)1(6)7/h2-7,14-15,17H,8-13,16H2,1H3;2*(H,6,7). The van der Waals surface area contributed by atoms with Gasteiger partial charge in [-0.25, -0.2) is 23.0 Å². The average molecular weight is 655 g/mol. The normalized spacial score (nSPS) is 17.1. The van der Waals surface area contributed by atoms with E-state index in [1.807, 2.05) is 30.5 Å². The van der Waals surface area contributed by atoms with Crippen molar-refractivity contribution >= 4 is 22.0 Å². The van der Waals surface area contributed by atoms with E-state index in [4.69, 9.17) is 29.2 Å². The number of sulfonamides is 1. The Balaban J connectivity index is 0.000000317. The number of nitrogens with zero attached hydrogens (tertiary/aromatic N) is 4. The Labute approximate surface area is 247 Å². The van der Waals surface area contributed by atoms with Gasteiger partial charge in [-0.1, -0.05) is 30.3 Å². The van der Waals surface area contributed by atoms with E-state index in [1.165, 1.54) is 6.26 Å². The van der Waals surface area contributed by atoms with Crippen molar-refractivity contribution in [2.24, 2.45) is 0 Å². The highest BCUT2D eigenvalue weighted by Gasteiger charge is 2.50. The molecule has 1 fully saturated rings. The number of benzene rings is 1. The first-order valence-corrected chi connectivity index (χ1v) is 14.6. The molecule has 11 nitrogen and oxygen atoms in total. The van der Waals surface area contributed by atoms with Gasteiger partial charge in [-0.05, 0) is 24.5 Å². The Kier molecular flexibility index (Phi) is 10.5. The number of aliphatic carboxylic acids is 2. The minimum absolute atomic E-state index is 0.476. The number of rotatable bonds is 4. The average Bonchev–Trinajstić information content (AvgIpc) is 3.60. The molecule has 0 aliphatic carbocycles. The summed E-state index contributed by atoms with van der Waals surface area (Å²) in [6.45, 7) is 3.53. The van der Waals surface area contributed by atoms with Crippen molar-refractivity contribution in [3.63, 3.8) is 0 Å². The van der Waals surface area contributed by atoms with Crippen molar-refractivity contribution in [2.75, 3.05) is 25.9 Å². The monoisotopic (exact) mass is 654 g/mol. The first-order chi connectivity index (χ1) is 20.4. The van der Waals surface area contributed by atoms with E-state index >= 15 is 0 Å². The molecule has 1 aromatic carbocycles. The summed E-state index contributed by atoms with van der Waals surface area (Å²) < 4.78 is 98.1. The number of halogens is 6. The lowest BCUT2D eigenvalue weighted by Gasteiger charge is -2.49. The quantitative estimate of drug-likeness (QED) is 0.396. The van der Waals surface area contributed by atoms with Crippen LogP contribution >= 0.6 is 0 Å². The van der Waals surface area contributed by atoms with E-state index < -0.39 is 39.9 Å². The molecule has 2 aliphatic heterocycles. The molecular formula is C26H28F6N4O7S. The first-order valence-electron chi connectivity index (χ1n) is 12.8. The molecule has 1 saturated heterocycles. The number of piperidine rings is 1. The molecule has 5 rings (SSSR count). The Bertz CT molecular complexity index is 1490. The van der Waals surface area contributed by atoms with Gasteiger partial charge in [0.05, 0.1) is 36.2 Å². The van der Waals surface area contributed by atoms with Crippen molar-refractivity contribution in [1.82, 2.24) is 18.8 Å². The molecule has 2 aromatic heterocycles. The van der Waals surface area contributed by atoms with Crippen LogP contribution in [0.25, 0.3) is 11.3 Å². The number of furan rings is 1. The summed E-state index contributed by atoms with van der Waals surface area (Å²) in [5.74, 6) is -4.64. The molecule has 44 heavy (non-hydrogen) atoms. The fourth-order valence-electron chi connectivity index (χ4n) is 5.01. The Morgan fingerprint density at radius 3 is 1.93 bits per heavy atom. The zero-order valence-electron chi connectivity index (χ0n) is 23.0. The molecule has 0 atom stereocenters. The summed E-state index contributed by atoms with van der Waals surface area (Å²) >= 11 is 0. The first kappa shape index (κ1) is 34.6. The second kappa shape index (κ2) is 13.4. The van der Waals surface area contributed by atoms with E-state index in [0.29, 0.717) is 13.1 Å². The van der Waals surface area contributed by atoms with Gasteiger partial charge >= 0.3 is 24.3 Å². The van der Waals surface area contributed by atoms with Gasteiger partial charge in [-0.2, -0.15) is 30.6 Å². The largest absolute Gasteiger partial charge is 0.490 e. The van der Waals surface area contributed by atoms with E-state index in [9.17, 15) is 34.8 Å². The summed E-state index contributed by atoms with van der Waals surface area (Å²) in [4.78, 5) is 24.9. The smallest absolute Gasteiger partial charge is 0.475 e. The van der Waals surface area contributed by atoms with Gasteiger partial charge in [-0.3, -0.25) is 4.90 Å². The van der Waals surface area contributed by atoms with E-state index in [2.05, 4.69) is 21.6 Å². The minimum Gasteiger partial charge on any atom is -0.475 e. The van der Waals surface area contributed by atoms with E-state index in [-0.39, 0.29) is 0 Å². The van der Waals surface area contributed by atoms with Crippen LogP contribution in [-0.2, 0) is 38.2 Å². The molecule has 3 aromatic rings. The zero-order valence-corrected chi connectivity index (χ0v) is 23.9. The van der Waals surface area contributed by atoms with Crippen LogP contribution < -0.4 is 0 Å². The van der Waals surface area contributed by atoms with Gasteiger partial charge < -0.3 is 19.2 Å². The summed E-state index contributed by atoms with van der Waals surface area (Å²) in [5, 5.41) is 14.2. The molecule has 0 bridgehead atoms. The highest BCUT2D eigenvalue weighted by atomic mass is 32.2. The van der Waals surface area contributed by atoms with Crippen LogP contribution in [0, 0.1) is 0 Å². The zero-order chi connectivity index (χ0) is 32.9. The molecule has 0 amide bonds. The van der Waals surface area contributed by atoms with Crippen LogP contribution in [0.15, 0.2) is 59.5 Å². The highest BCUT2D eigenvalue weighted by Crippen LogP contribution is 2.43. The third kappa shape index (κ3) is 8.38. The molecule has 4 heterocycles. The SMILES string of the molecule is CS(=O)(=O)N1CCn2c(-c3ccccc3)cnc2C12CCN(Cc1ccoc1)CC2.O=C(O)C(F)(F)F.O=C(O)C(F)(F)F. The molecule has 0 unspecified atom stereocenters. The number of fused-ring (bicyclic) bond motifs is 2. The number of carboxylic acid groups (broad SMARTS) is 2. The Morgan fingerprint density at radius 2 is 1.48 bits per heavy atom. The van der Waals surface area contributed by atoms with Gasteiger partial charge in [0.25, 0.3) is 0 Å². The van der Waals surface area contributed by atoms with Crippen molar-refractivity contribution in [3.8, 4) is 11.3 Å². The number of hydrogen-bond acceptors (Lipinski definition) is 7. The molecule has 2 aliphatic rings. The number of carboxylic acids is 2. The fourth-order valence-corrected chi connectivity index (χ4v) is 6.32. The third-order valence-corrected chi connectivity index (χ3v) is 8.23.